The molecule has 1 aliphatic carbocycles. The van der Waals surface area contributed by atoms with Crippen LogP contribution in [-0.2, 0) is 4.79 Å². The number of rotatable bonds is 0. The number of hydrogen-bond acceptors (Lipinski definition) is 2. The Hall–Kier alpha value is -0.0800. The number of carbonyl (C=O) groups is 1. The number of halogens is 1. The molecular formula is C7H12ClNO. The van der Waals surface area contributed by atoms with Gasteiger partial charge in [0.25, 0.3) is 0 Å². The van der Waals surface area contributed by atoms with Crippen molar-refractivity contribution in [1.82, 2.24) is 5.32 Å². The third-order valence-electron chi connectivity index (χ3n) is 2.29. The molecule has 3 heteroatoms. The number of hydrogen-bond donors (Lipinski definition) is 1. The second kappa shape index (κ2) is 2.51. The van der Waals surface area contributed by atoms with Gasteiger partial charge in [0.2, 0.25) is 0 Å². The maximum atomic E-state index is 10.9. The first kappa shape index (κ1) is 8.02. The summed E-state index contributed by atoms with van der Waals surface area (Å²) >= 11 is 0. The van der Waals surface area contributed by atoms with Crippen LogP contribution >= 0.6 is 12.4 Å². The molecular weight excluding hydrogens is 150 g/mol. The molecule has 10 heavy (non-hydrogen) atoms. The van der Waals surface area contributed by atoms with Gasteiger partial charge in [-0.05, 0) is 12.8 Å². The lowest BCUT2D eigenvalue weighted by atomic mass is 10.0. The molecule has 58 valence electrons. The lowest BCUT2D eigenvalue weighted by molar-refractivity contribution is -0.120. The van der Waals surface area contributed by atoms with Crippen molar-refractivity contribution in [2.45, 2.75) is 31.2 Å². The molecule has 0 bridgehead atoms. The summed E-state index contributed by atoms with van der Waals surface area (Å²) in [4.78, 5) is 10.9. The molecule has 1 heterocycles. The van der Waals surface area contributed by atoms with Gasteiger partial charge in [0, 0.05) is 24.9 Å². The van der Waals surface area contributed by atoms with E-state index in [9.17, 15) is 4.79 Å². The zero-order valence-electron chi connectivity index (χ0n) is 5.85. The van der Waals surface area contributed by atoms with Gasteiger partial charge in [-0.15, -0.1) is 12.4 Å². The number of piperidine rings is 1. The van der Waals surface area contributed by atoms with Gasteiger partial charge in [-0.1, -0.05) is 0 Å². The first-order valence-electron chi connectivity index (χ1n) is 3.58. The van der Waals surface area contributed by atoms with E-state index in [2.05, 4.69) is 5.32 Å². The zero-order valence-corrected chi connectivity index (χ0v) is 6.67. The lowest BCUT2D eigenvalue weighted by Crippen LogP contribution is -2.40. The van der Waals surface area contributed by atoms with Crippen molar-refractivity contribution in [3.05, 3.63) is 0 Å². The normalized spacial score (nSPS) is 27.8. The van der Waals surface area contributed by atoms with Crippen LogP contribution in [0.4, 0.5) is 0 Å². The topological polar surface area (TPSA) is 29.1 Å². The molecule has 0 aromatic rings. The monoisotopic (exact) mass is 161 g/mol. The second-order valence-electron chi connectivity index (χ2n) is 3.17. The van der Waals surface area contributed by atoms with E-state index in [1.807, 2.05) is 0 Å². The molecule has 1 saturated carbocycles. The maximum absolute atomic E-state index is 10.9. The summed E-state index contributed by atoms with van der Waals surface area (Å²) in [5.74, 6) is 0.450. The van der Waals surface area contributed by atoms with E-state index in [-0.39, 0.29) is 12.4 Å². The first-order valence-corrected chi connectivity index (χ1v) is 3.58. The Morgan fingerprint density at radius 1 is 1.40 bits per heavy atom. The molecule has 0 radical (unpaired) electrons. The smallest absolute Gasteiger partial charge is 0.136 e. The molecule has 0 atom stereocenters. The van der Waals surface area contributed by atoms with Crippen LogP contribution in [0.5, 0.6) is 0 Å². The van der Waals surface area contributed by atoms with Crippen LogP contribution in [0.3, 0.4) is 0 Å². The standard InChI is InChI=1S/C7H11NO.ClH/c9-6-1-4-8-7(5-6)2-3-7;/h8H,1-5H2;1H. The fraction of sp³-hybridized carbons (Fsp3) is 0.857. The van der Waals surface area contributed by atoms with Crippen LogP contribution in [0.1, 0.15) is 25.7 Å². The van der Waals surface area contributed by atoms with Crippen molar-refractivity contribution < 1.29 is 4.79 Å². The minimum Gasteiger partial charge on any atom is -0.310 e. The Morgan fingerprint density at radius 3 is 2.50 bits per heavy atom. The SMILES string of the molecule is Cl.O=C1CCNC2(CC2)C1. The Balaban J connectivity index is 0.000000500. The van der Waals surface area contributed by atoms with Crippen molar-refractivity contribution in [3.63, 3.8) is 0 Å². The molecule has 1 saturated heterocycles. The molecule has 2 fully saturated rings. The summed E-state index contributed by atoms with van der Waals surface area (Å²) in [5.41, 5.74) is 0.301. The molecule has 0 aromatic heterocycles. The fourth-order valence-electron chi connectivity index (χ4n) is 1.50. The van der Waals surface area contributed by atoms with E-state index in [0.717, 1.165) is 19.4 Å². The average molecular weight is 162 g/mol. The summed E-state index contributed by atoms with van der Waals surface area (Å²) in [5, 5.41) is 3.38. The van der Waals surface area contributed by atoms with Gasteiger partial charge >= 0.3 is 0 Å². The van der Waals surface area contributed by atoms with E-state index in [0.29, 0.717) is 11.3 Å². The third kappa shape index (κ3) is 1.32. The van der Waals surface area contributed by atoms with E-state index in [1.54, 1.807) is 0 Å². The zero-order chi connectivity index (χ0) is 6.32. The number of ketones is 1. The van der Waals surface area contributed by atoms with Crippen LogP contribution in [-0.4, -0.2) is 17.9 Å². The fourth-order valence-corrected chi connectivity index (χ4v) is 1.50. The predicted molar refractivity (Wildman–Crippen MR) is 41.5 cm³/mol. The Labute approximate surface area is 66.8 Å². The molecule has 0 amide bonds. The van der Waals surface area contributed by atoms with E-state index in [1.165, 1.54) is 12.8 Å². The average Bonchev–Trinajstić information content (AvgIpc) is 2.49. The van der Waals surface area contributed by atoms with Gasteiger partial charge in [0.15, 0.2) is 0 Å². The number of Topliss-reactive ketones (excluding diaryl/α,β-unsaturated/α-hetero) is 1. The van der Waals surface area contributed by atoms with Gasteiger partial charge in [0.1, 0.15) is 5.78 Å². The highest BCUT2D eigenvalue weighted by atomic mass is 35.5. The molecule has 1 N–H and O–H groups in total. The van der Waals surface area contributed by atoms with Crippen LogP contribution < -0.4 is 5.32 Å². The molecule has 2 rings (SSSR count). The highest BCUT2D eigenvalue weighted by Crippen LogP contribution is 2.40. The Bertz CT molecular complexity index is 154. The largest absolute Gasteiger partial charge is 0.310 e. The summed E-state index contributed by atoms with van der Waals surface area (Å²) in [7, 11) is 0. The van der Waals surface area contributed by atoms with Crippen LogP contribution in [0.2, 0.25) is 0 Å². The van der Waals surface area contributed by atoms with Crippen molar-refractivity contribution in [3.8, 4) is 0 Å². The molecule has 2 aliphatic rings. The van der Waals surface area contributed by atoms with Crippen molar-refractivity contribution in [2.24, 2.45) is 0 Å². The van der Waals surface area contributed by atoms with Crippen molar-refractivity contribution in [2.75, 3.05) is 6.54 Å². The van der Waals surface area contributed by atoms with Crippen molar-refractivity contribution in [1.29, 1.82) is 0 Å². The quantitative estimate of drug-likeness (QED) is 0.572. The highest BCUT2D eigenvalue weighted by molar-refractivity contribution is 5.85. The van der Waals surface area contributed by atoms with Crippen LogP contribution in [0, 0.1) is 0 Å². The van der Waals surface area contributed by atoms with Crippen LogP contribution in [0.25, 0.3) is 0 Å². The molecule has 0 aromatic carbocycles. The Kier molecular flexibility index (Phi) is 2.02. The van der Waals surface area contributed by atoms with E-state index < -0.39 is 0 Å². The summed E-state index contributed by atoms with van der Waals surface area (Å²) in [6.45, 7) is 0.916. The van der Waals surface area contributed by atoms with E-state index in [4.69, 9.17) is 0 Å². The minimum absolute atomic E-state index is 0. The summed E-state index contributed by atoms with van der Waals surface area (Å²) < 4.78 is 0. The lowest BCUT2D eigenvalue weighted by Gasteiger charge is -2.21. The second-order valence-corrected chi connectivity index (χ2v) is 3.17. The van der Waals surface area contributed by atoms with Gasteiger partial charge in [-0.25, -0.2) is 0 Å². The number of carbonyl (C=O) groups excluding carboxylic acids is 1. The van der Waals surface area contributed by atoms with Gasteiger partial charge < -0.3 is 5.32 Å². The van der Waals surface area contributed by atoms with E-state index >= 15 is 0 Å². The molecule has 0 unspecified atom stereocenters. The van der Waals surface area contributed by atoms with Crippen LogP contribution in [0.15, 0.2) is 0 Å². The highest BCUT2D eigenvalue weighted by Gasteiger charge is 2.45. The molecule has 2 nitrogen and oxygen atoms in total. The third-order valence-corrected chi connectivity index (χ3v) is 2.29. The van der Waals surface area contributed by atoms with Crippen molar-refractivity contribution >= 4 is 18.2 Å². The summed E-state index contributed by atoms with van der Waals surface area (Å²) in [6.07, 6.45) is 3.99. The molecule has 1 aliphatic heterocycles. The first-order chi connectivity index (χ1) is 4.31. The predicted octanol–water partition coefficient (Wildman–Crippen LogP) is 0.893. The van der Waals surface area contributed by atoms with Gasteiger partial charge in [-0.3, -0.25) is 4.79 Å². The minimum atomic E-state index is 0. The molecule has 1 spiro atoms. The van der Waals surface area contributed by atoms with Gasteiger partial charge in [-0.2, -0.15) is 0 Å². The maximum Gasteiger partial charge on any atom is 0.136 e. The van der Waals surface area contributed by atoms with Gasteiger partial charge in [0.05, 0.1) is 0 Å². The Morgan fingerprint density at radius 2 is 2.10 bits per heavy atom. The summed E-state index contributed by atoms with van der Waals surface area (Å²) in [6, 6.07) is 0. The number of nitrogens with one attached hydrogen (secondary N) is 1.